The molecule has 5 rings (SSSR count). The summed E-state index contributed by atoms with van der Waals surface area (Å²) >= 11 is 3.27. The van der Waals surface area contributed by atoms with Crippen molar-refractivity contribution in [2.24, 2.45) is 13.0 Å². The number of hydrogen-bond acceptors (Lipinski definition) is 7. The number of aryl methyl sites for hydroxylation is 2. The van der Waals surface area contributed by atoms with Gasteiger partial charge in [-0.3, -0.25) is 4.68 Å². The molecule has 0 amide bonds. The van der Waals surface area contributed by atoms with Gasteiger partial charge in [0.05, 0.1) is 15.9 Å². The maximum Gasteiger partial charge on any atom is 0.406 e. The zero-order chi connectivity index (χ0) is 26.3. The number of halogens is 2. The topological polar surface area (TPSA) is 114 Å². The number of aromatic nitrogens is 6. The number of nitro groups is 1. The Hall–Kier alpha value is -3.67. The second-order valence-electron chi connectivity index (χ2n) is 9.29. The van der Waals surface area contributed by atoms with Crippen LogP contribution in [0, 0.1) is 28.8 Å². The molecule has 3 heterocycles. The van der Waals surface area contributed by atoms with E-state index in [1.165, 1.54) is 42.0 Å². The van der Waals surface area contributed by atoms with E-state index in [1.54, 1.807) is 20.0 Å². The van der Waals surface area contributed by atoms with E-state index in [4.69, 9.17) is 4.74 Å². The van der Waals surface area contributed by atoms with Gasteiger partial charge in [-0.25, -0.2) is 4.39 Å². The van der Waals surface area contributed by atoms with Gasteiger partial charge in [0.2, 0.25) is 5.75 Å². The summed E-state index contributed by atoms with van der Waals surface area (Å²) < 4.78 is 22.9. The molecule has 1 aliphatic rings. The molecule has 1 aromatic carbocycles. The molecule has 0 aliphatic heterocycles. The van der Waals surface area contributed by atoms with Crippen molar-refractivity contribution in [2.75, 3.05) is 0 Å². The van der Waals surface area contributed by atoms with Crippen molar-refractivity contribution in [3.63, 3.8) is 0 Å². The Labute approximate surface area is 220 Å². The van der Waals surface area contributed by atoms with Crippen LogP contribution in [0.1, 0.15) is 48.4 Å². The number of pyridine rings is 1. The lowest BCUT2D eigenvalue weighted by Crippen LogP contribution is -2.08. The van der Waals surface area contributed by atoms with Crippen LogP contribution in [0.4, 0.5) is 10.2 Å². The van der Waals surface area contributed by atoms with E-state index in [2.05, 4.69) is 42.4 Å². The molecular formula is C25H25BrFN7O3. The van der Waals surface area contributed by atoms with E-state index >= 15 is 0 Å². The number of benzene rings is 1. The van der Waals surface area contributed by atoms with Gasteiger partial charge in [0.25, 0.3) is 0 Å². The van der Waals surface area contributed by atoms with Crippen molar-refractivity contribution in [2.45, 2.75) is 45.8 Å². The van der Waals surface area contributed by atoms with E-state index < -0.39 is 22.7 Å². The molecule has 1 aliphatic carbocycles. The van der Waals surface area contributed by atoms with Crippen molar-refractivity contribution < 1.29 is 14.1 Å². The van der Waals surface area contributed by atoms with Crippen LogP contribution >= 0.6 is 15.9 Å². The normalized spacial score (nSPS) is 14.1. The third-order valence-electron chi connectivity index (χ3n) is 6.31. The largest absolute Gasteiger partial charge is 0.478 e. The molecule has 0 radical (unpaired) electrons. The van der Waals surface area contributed by atoms with Gasteiger partial charge in [-0.2, -0.15) is 20.1 Å². The van der Waals surface area contributed by atoms with Crippen LogP contribution in [0.2, 0.25) is 0 Å². The van der Waals surface area contributed by atoms with Crippen molar-refractivity contribution in [1.82, 2.24) is 29.8 Å². The molecule has 0 bridgehead atoms. The van der Waals surface area contributed by atoms with Crippen LogP contribution < -0.4 is 4.74 Å². The third-order valence-corrected chi connectivity index (χ3v) is 6.75. The smallest absolute Gasteiger partial charge is 0.406 e. The van der Waals surface area contributed by atoms with Gasteiger partial charge in [0.1, 0.15) is 17.6 Å². The highest BCUT2D eigenvalue weighted by Gasteiger charge is 2.26. The summed E-state index contributed by atoms with van der Waals surface area (Å²) in [7, 11) is 1.73. The Balaban J connectivity index is 1.49. The molecular weight excluding hydrogens is 545 g/mol. The van der Waals surface area contributed by atoms with Gasteiger partial charge in [-0.15, -0.1) is 0 Å². The lowest BCUT2D eigenvalue weighted by Gasteiger charge is -2.18. The van der Waals surface area contributed by atoms with Crippen LogP contribution in [0.15, 0.2) is 41.1 Å². The van der Waals surface area contributed by atoms with Crippen molar-refractivity contribution >= 4 is 21.7 Å². The Morgan fingerprint density at radius 3 is 2.78 bits per heavy atom. The molecule has 192 valence electrons. The molecule has 3 aromatic heterocycles. The SMILES string of the molecule is Cc1nn(CC2CC2)cc1Cc1nn(C)nc1-c1ccc(F)cc1[C@H](C)Oc1cc(Br)cnc1[N+](=O)[O-]. The van der Waals surface area contributed by atoms with Crippen LogP contribution in [0.5, 0.6) is 5.75 Å². The summed E-state index contributed by atoms with van der Waals surface area (Å²) in [5.74, 6) is -0.204. The Bertz CT molecular complexity index is 1480. The van der Waals surface area contributed by atoms with Crippen LogP contribution in [0.25, 0.3) is 11.3 Å². The standard InChI is InChI=1S/C25H25BrFN7O3/c1-14-17(13-33(29-14)12-16-4-5-16)8-22-24(31-32(3)30-22)20-7-6-19(27)10-21(20)15(2)37-23-9-18(26)11-28-25(23)34(35)36/h6-7,9-11,13,15-16H,4-5,8,12H2,1-3H3/t15-/m0/s1. The highest BCUT2D eigenvalue weighted by atomic mass is 79.9. The third kappa shape index (κ3) is 5.53. The first-order chi connectivity index (χ1) is 17.7. The molecule has 1 saturated carbocycles. The maximum absolute atomic E-state index is 14.4. The Morgan fingerprint density at radius 1 is 1.27 bits per heavy atom. The summed E-state index contributed by atoms with van der Waals surface area (Å²) in [6.45, 7) is 4.60. The molecule has 1 atom stereocenters. The van der Waals surface area contributed by atoms with Crippen LogP contribution in [-0.4, -0.2) is 34.7 Å². The first kappa shape index (κ1) is 25.0. The fraction of sp³-hybridized carbons (Fsp3) is 0.360. The molecule has 12 heteroatoms. The minimum atomic E-state index is -0.751. The average molecular weight is 570 g/mol. The zero-order valence-corrected chi connectivity index (χ0v) is 22.1. The summed E-state index contributed by atoms with van der Waals surface area (Å²) in [4.78, 5) is 16.2. The molecule has 37 heavy (non-hydrogen) atoms. The van der Waals surface area contributed by atoms with Crippen LogP contribution in [0.3, 0.4) is 0 Å². The van der Waals surface area contributed by atoms with E-state index in [1.807, 2.05) is 11.6 Å². The predicted octanol–water partition coefficient (Wildman–Crippen LogP) is 5.33. The molecule has 0 saturated heterocycles. The minimum Gasteiger partial charge on any atom is -0.478 e. The average Bonchev–Trinajstić information content (AvgIpc) is 3.48. The summed E-state index contributed by atoms with van der Waals surface area (Å²) in [5, 5.41) is 25.3. The van der Waals surface area contributed by atoms with Gasteiger partial charge in [-0.05, 0) is 82.2 Å². The first-order valence-electron chi connectivity index (χ1n) is 11.9. The molecule has 0 unspecified atom stereocenters. The molecule has 0 N–H and O–H groups in total. The summed E-state index contributed by atoms with van der Waals surface area (Å²) in [6, 6.07) is 5.81. The van der Waals surface area contributed by atoms with Gasteiger partial charge in [-0.1, -0.05) is 0 Å². The van der Waals surface area contributed by atoms with Crippen molar-refractivity contribution in [1.29, 1.82) is 0 Å². The van der Waals surface area contributed by atoms with E-state index in [0.29, 0.717) is 39.3 Å². The van der Waals surface area contributed by atoms with Gasteiger partial charge in [0, 0.05) is 43.4 Å². The highest BCUT2D eigenvalue weighted by Crippen LogP contribution is 2.36. The molecule has 4 aromatic rings. The van der Waals surface area contributed by atoms with Gasteiger partial charge >= 0.3 is 5.82 Å². The van der Waals surface area contributed by atoms with Crippen LogP contribution in [-0.2, 0) is 20.0 Å². The Kier molecular flexibility index (Phi) is 6.76. The number of hydrogen-bond donors (Lipinski definition) is 0. The molecule has 10 nitrogen and oxygen atoms in total. The van der Waals surface area contributed by atoms with Crippen molar-refractivity contribution in [3.05, 3.63) is 79.6 Å². The first-order valence-corrected chi connectivity index (χ1v) is 12.7. The van der Waals surface area contributed by atoms with Gasteiger partial charge in [0.15, 0.2) is 6.20 Å². The second kappa shape index (κ2) is 10.0. The number of rotatable bonds is 9. The lowest BCUT2D eigenvalue weighted by molar-refractivity contribution is -0.390. The lowest BCUT2D eigenvalue weighted by atomic mass is 9.97. The van der Waals surface area contributed by atoms with E-state index in [9.17, 15) is 14.5 Å². The summed E-state index contributed by atoms with van der Waals surface area (Å²) in [6.07, 6.45) is 5.63. The predicted molar refractivity (Wildman–Crippen MR) is 137 cm³/mol. The molecule has 1 fully saturated rings. The highest BCUT2D eigenvalue weighted by molar-refractivity contribution is 9.10. The fourth-order valence-electron chi connectivity index (χ4n) is 4.32. The monoisotopic (exact) mass is 569 g/mol. The maximum atomic E-state index is 14.4. The summed E-state index contributed by atoms with van der Waals surface area (Å²) in [5.41, 5.74) is 4.40. The second-order valence-corrected chi connectivity index (χ2v) is 10.2. The minimum absolute atomic E-state index is 0.0276. The zero-order valence-electron chi connectivity index (χ0n) is 20.6. The Morgan fingerprint density at radius 2 is 2.05 bits per heavy atom. The van der Waals surface area contributed by atoms with Gasteiger partial charge < -0.3 is 14.9 Å². The number of ether oxygens (including phenoxy) is 1. The number of nitrogens with zero attached hydrogens (tertiary/aromatic N) is 7. The van der Waals surface area contributed by atoms with E-state index in [0.717, 1.165) is 17.8 Å². The van der Waals surface area contributed by atoms with Crippen molar-refractivity contribution in [3.8, 4) is 17.0 Å². The fourth-order valence-corrected chi connectivity index (χ4v) is 4.63. The molecule has 0 spiro atoms. The van der Waals surface area contributed by atoms with E-state index in [-0.39, 0.29) is 5.75 Å². The quantitative estimate of drug-likeness (QED) is 0.197.